The fourth-order valence-electron chi connectivity index (χ4n) is 4.31. The molecule has 1 aliphatic heterocycles. The first kappa shape index (κ1) is 19.8. The van der Waals surface area contributed by atoms with Gasteiger partial charge in [0, 0.05) is 30.5 Å². The molecule has 1 saturated carbocycles. The second-order valence-corrected chi connectivity index (χ2v) is 7.55. The van der Waals surface area contributed by atoms with E-state index in [9.17, 15) is 18.0 Å². The Labute approximate surface area is 167 Å². The highest BCUT2D eigenvalue weighted by Gasteiger charge is 2.57. The Hall–Kier alpha value is -2.54. The highest BCUT2D eigenvalue weighted by Crippen LogP contribution is 2.61. The van der Waals surface area contributed by atoms with Crippen LogP contribution in [0, 0.1) is 5.92 Å². The van der Waals surface area contributed by atoms with Crippen LogP contribution in [0.3, 0.4) is 0 Å². The number of alkyl halides is 3. The number of benzene rings is 2. The van der Waals surface area contributed by atoms with Crippen LogP contribution in [0.1, 0.15) is 28.5 Å². The molecule has 2 aromatic carbocycles. The first-order valence-electron chi connectivity index (χ1n) is 9.55. The quantitative estimate of drug-likeness (QED) is 0.718. The molecule has 2 aliphatic rings. The molecule has 0 N–H and O–H groups in total. The van der Waals surface area contributed by atoms with Gasteiger partial charge in [0.2, 0.25) is 0 Å². The lowest BCUT2D eigenvalue weighted by Crippen LogP contribution is -2.35. The molecule has 1 fully saturated rings. The molecule has 0 saturated heterocycles. The molecule has 4 rings (SSSR count). The number of carbonyl (C=O) groups is 1. The SMILES string of the molecule is COC(=O)C1C(c2ccccc2)C1c1ccc2c(c1)CN(CC(F)(F)F)CCO2. The number of nitrogens with zero attached hydrogens (tertiary/aromatic N) is 1. The maximum absolute atomic E-state index is 12.9. The fourth-order valence-corrected chi connectivity index (χ4v) is 4.31. The van der Waals surface area contributed by atoms with Crippen molar-refractivity contribution in [2.45, 2.75) is 24.6 Å². The molecule has 0 aromatic heterocycles. The molecule has 7 heteroatoms. The smallest absolute Gasteiger partial charge is 0.401 e. The van der Waals surface area contributed by atoms with Crippen LogP contribution in [0.4, 0.5) is 13.2 Å². The Kier molecular flexibility index (Phi) is 5.25. The number of methoxy groups -OCH3 is 1. The molecule has 1 aliphatic carbocycles. The Morgan fingerprint density at radius 2 is 1.86 bits per heavy atom. The van der Waals surface area contributed by atoms with Crippen molar-refractivity contribution in [1.29, 1.82) is 0 Å². The maximum atomic E-state index is 12.9. The van der Waals surface area contributed by atoms with Crippen LogP contribution in [-0.2, 0) is 16.1 Å². The standard InChI is InChI=1S/C22H22F3NO3/c1-28-21(27)20-18(14-5-3-2-4-6-14)19(20)15-7-8-17-16(11-15)12-26(9-10-29-17)13-22(23,24)25/h2-8,11,18-20H,9-10,12-13H2,1H3. The minimum Gasteiger partial charge on any atom is -0.492 e. The molecular formula is C22H22F3NO3. The van der Waals surface area contributed by atoms with Gasteiger partial charge in [-0.1, -0.05) is 42.5 Å². The van der Waals surface area contributed by atoms with E-state index < -0.39 is 12.7 Å². The van der Waals surface area contributed by atoms with Crippen molar-refractivity contribution in [2.24, 2.45) is 5.92 Å². The summed E-state index contributed by atoms with van der Waals surface area (Å²) in [5.74, 6) is -0.0220. The minimum absolute atomic E-state index is 0.000301. The number of hydrogen-bond donors (Lipinski definition) is 0. The predicted molar refractivity (Wildman–Crippen MR) is 101 cm³/mol. The Balaban J connectivity index is 1.61. The number of rotatable bonds is 4. The molecule has 0 bridgehead atoms. The predicted octanol–water partition coefficient (Wildman–Crippen LogP) is 4.11. The van der Waals surface area contributed by atoms with Gasteiger partial charge in [-0.15, -0.1) is 0 Å². The first-order chi connectivity index (χ1) is 13.9. The largest absolute Gasteiger partial charge is 0.492 e. The number of fused-ring (bicyclic) bond motifs is 1. The van der Waals surface area contributed by atoms with E-state index in [0.29, 0.717) is 11.3 Å². The molecule has 2 aromatic rings. The van der Waals surface area contributed by atoms with Crippen LogP contribution in [0.2, 0.25) is 0 Å². The van der Waals surface area contributed by atoms with Gasteiger partial charge in [-0.2, -0.15) is 13.2 Å². The van der Waals surface area contributed by atoms with E-state index >= 15 is 0 Å². The fraction of sp³-hybridized carbons (Fsp3) is 0.409. The average Bonchev–Trinajstić information content (AvgIpc) is 3.45. The van der Waals surface area contributed by atoms with Crippen molar-refractivity contribution in [3.8, 4) is 5.75 Å². The van der Waals surface area contributed by atoms with E-state index in [4.69, 9.17) is 9.47 Å². The molecule has 0 amide bonds. The number of carbonyl (C=O) groups excluding carboxylic acids is 1. The average molecular weight is 405 g/mol. The van der Waals surface area contributed by atoms with Gasteiger partial charge in [-0.3, -0.25) is 9.69 Å². The summed E-state index contributed by atoms with van der Waals surface area (Å²) in [6, 6.07) is 15.3. The summed E-state index contributed by atoms with van der Waals surface area (Å²) in [6.45, 7) is -0.386. The van der Waals surface area contributed by atoms with Crippen LogP contribution in [0.15, 0.2) is 48.5 Å². The van der Waals surface area contributed by atoms with E-state index in [1.165, 1.54) is 12.0 Å². The second kappa shape index (κ2) is 7.71. The maximum Gasteiger partial charge on any atom is 0.401 e. The summed E-state index contributed by atoms with van der Waals surface area (Å²) in [6.07, 6.45) is -4.26. The van der Waals surface area contributed by atoms with Crippen LogP contribution in [-0.4, -0.2) is 43.9 Å². The summed E-state index contributed by atoms with van der Waals surface area (Å²) in [5.41, 5.74) is 2.69. The van der Waals surface area contributed by atoms with E-state index in [-0.39, 0.29) is 43.4 Å². The van der Waals surface area contributed by atoms with Crippen molar-refractivity contribution in [2.75, 3.05) is 26.8 Å². The minimum atomic E-state index is -4.26. The van der Waals surface area contributed by atoms with Gasteiger partial charge in [0.05, 0.1) is 19.6 Å². The van der Waals surface area contributed by atoms with Crippen molar-refractivity contribution in [1.82, 2.24) is 4.90 Å². The Bertz CT molecular complexity index is 885. The van der Waals surface area contributed by atoms with E-state index in [0.717, 1.165) is 11.1 Å². The van der Waals surface area contributed by atoms with E-state index in [1.807, 2.05) is 42.5 Å². The topological polar surface area (TPSA) is 38.8 Å². The Morgan fingerprint density at radius 1 is 1.14 bits per heavy atom. The molecule has 29 heavy (non-hydrogen) atoms. The van der Waals surface area contributed by atoms with Gasteiger partial charge < -0.3 is 9.47 Å². The third-order valence-electron chi connectivity index (χ3n) is 5.61. The van der Waals surface area contributed by atoms with Gasteiger partial charge in [0.1, 0.15) is 12.4 Å². The van der Waals surface area contributed by atoms with Crippen molar-refractivity contribution >= 4 is 5.97 Å². The van der Waals surface area contributed by atoms with Crippen LogP contribution in [0.5, 0.6) is 5.75 Å². The third kappa shape index (κ3) is 4.24. The lowest BCUT2D eigenvalue weighted by molar-refractivity contribution is -0.147. The second-order valence-electron chi connectivity index (χ2n) is 7.55. The molecule has 154 valence electrons. The molecule has 3 unspecified atom stereocenters. The highest BCUT2D eigenvalue weighted by atomic mass is 19.4. The summed E-state index contributed by atoms with van der Waals surface area (Å²) in [4.78, 5) is 13.7. The van der Waals surface area contributed by atoms with E-state index in [2.05, 4.69) is 0 Å². The van der Waals surface area contributed by atoms with Crippen LogP contribution < -0.4 is 4.74 Å². The normalized spacial score (nSPS) is 24.2. The molecule has 0 spiro atoms. The lowest BCUT2D eigenvalue weighted by atomic mass is 10.0. The zero-order chi connectivity index (χ0) is 20.6. The zero-order valence-electron chi connectivity index (χ0n) is 16.0. The van der Waals surface area contributed by atoms with Crippen molar-refractivity contribution in [3.05, 3.63) is 65.2 Å². The number of ether oxygens (including phenoxy) is 2. The number of esters is 1. The van der Waals surface area contributed by atoms with Crippen LogP contribution >= 0.6 is 0 Å². The van der Waals surface area contributed by atoms with Gasteiger partial charge in [0.25, 0.3) is 0 Å². The van der Waals surface area contributed by atoms with Crippen molar-refractivity contribution < 1.29 is 27.4 Å². The third-order valence-corrected chi connectivity index (χ3v) is 5.61. The summed E-state index contributed by atoms with van der Waals surface area (Å²) in [5, 5.41) is 0. The van der Waals surface area contributed by atoms with Gasteiger partial charge in [-0.25, -0.2) is 0 Å². The lowest BCUT2D eigenvalue weighted by Gasteiger charge is -2.20. The number of halogens is 3. The molecular weight excluding hydrogens is 383 g/mol. The summed E-state index contributed by atoms with van der Waals surface area (Å²) >= 11 is 0. The summed E-state index contributed by atoms with van der Waals surface area (Å²) < 4.78 is 49.2. The van der Waals surface area contributed by atoms with E-state index in [1.54, 1.807) is 6.07 Å². The Morgan fingerprint density at radius 3 is 2.55 bits per heavy atom. The zero-order valence-corrected chi connectivity index (χ0v) is 16.0. The molecule has 4 nitrogen and oxygen atoms in total. The summed E-state index contributed by atoms with van der Waals surface area (Å²) in [7, 11) is 1.37. The molecule has 0 radical (unpaired) electrons. The molecule has 1 heterocycles. The van der Waals surface area contributed by atoms with Gasteiger partial charge >= 0.3 is 12.1 Å². The van der Waals surface area contributed by atoms with Gasteiger partial charge in [0.15, 0.2) is 0 Å². The van der Waals surface area contributed by atoms with Gasteiger partial charge in [-0.05, 0) is 17.2 Å². The molecule has 3 atom stereocenters. The van der Waals surface area contributed by atoms with Crippen molar-refractivity contribution in [3.63, 3.8) is 0 Å². The first-order valence-corrected chi connectivity index (χ1v) is 9.55. The highest BCUT2D eigenvalue weighted by molar-refractivity contribution is 5.80. The monoisotopic (exact) mass is 405 g/mol. The number of hydrogen-bond acceptors (Lipinski definition) is 4. The van der Waals surface area contributed by atoms with Crippen LogP contribution in [0.25, 0.3) is 0 Å².